The van der Waals surface area contributed by atoms with Crippen molar-refractivity contribution < 1.29 is 23.9 Å². The highest BCUT2D eigenvalue weighted by atomic mass is 35.5. The van der Waals surface area contributed by atoms with Crippen LogP contribution in [0, 0.1) is 0 Å². The lowest BCUT2D eigenvalue weighted by atomic mass is 9.83. The molecule has 3 N–H and O–H groups in total. The molecule has 310 valence electrons. The lowest BCUT2D eigenvalue weighted by molar-refractivity contribution is 0.0980. The summed E-state index contributed by atoms with van der Waals surface area (Å²) in [4.78, 5) is 69.1. The van der Waals surface area contributed by atoms with Gasteiger partial charge in [0.25, 0.3) is 0 Å². The molecule has 60 heavy (non-hydrogen) atoms. The van der Waals surface area contributed by atoms with Gasteiger partial charge in [-0.2, -0.15) is 0 Å². The lowest BCUT2D eigenvalue weighted by Gasteiger charge is -2.18. The van der Waals surface area contributed by atoms with Crippen LogP contribution < -0.4 is 5.32 Å². The standard InChI is InChI=1S/C22H21N3O2.C16H9ClN2O2.C6H13N.C4H8O/c26-21-14-7-3-4-8-15(14)22(27)19-16(21)9-10-17-20(19)24-18(23-17)13-25-11-5-1-2-6-12-25;17-7-12-18-11-6-5-10-13(14(11)19-12)16(21)9-4-2-1-3-8(9)15(10)20;1-2-4-6-7-5-3-1;1-2-4-5-3-1/h3-4,7-10H,1-2,5-6,11-13H2,(H,23,24);1-6H,7H2,(H,18,19);7H,1-6H2;1-4H2. The average molecular weight is 827 g/mol. The molecule has 4 aromatic carbocycles. The zero-order chi connectivity index (χ0) is 41.4. The van der Waals surface area contributed by atoms with E-state index in [-0.39, 0.29) is 29.0 Å². The number of carbonyl (C=O) groups is 4. The number of hydrogen-bond acceptors (Lipinski definition) is 9. The number of likely N-dealkylation sites (tertiary alicyclic amines) is 1. The van der Waals surface area contributed by atoms with Crippen molar-refractivity contribution >= 4 is 56.8 Å². The van der Waals surface area contributed by atoms with Crippen molar-refractivity contribution in [2.75, 3.05) is 39.4 Å². The Hall–Kier alpha value is -5.33. The molecule has 0 bridgehead atoms. The zero-order valence-electron chi connectivity index (χ0n) is 33.9. The number of ketones is 4. The van der Waals surface area contributed by atoms with E-state index in [9.17, 15) is 19.2 Å². The van der Waals surface area contributed by atoms with Gasteiger partial charge in [-0.05, 0) is 89.0 Å². The monoisotopic (exact) mass is 826 g/mol. The number of H-pyrrole nitrogens is 2. The van der Waals surface area contributed by atoms with Crippen LogP contribution in [0.2, 0.25) is 0 Å². The fourth-order valence-electron chi connectivity index (χ4n) is 8.54. The number of nitrogens with zero attached hydrogens (tertiary/aromatic N) is 3. The third-order valence-electron chi connectivity index (χ3n) is 11.7. The average Bonchev–Trinajstić information content (AvgIpc) is 3.99. The highest BCUT2D eigenvalue weighted by Crippen LogP contribution is 2.33. The molecule has 3 saturated heterocycles. The Balaban J connectivity index is 0.000000132. The van der Waals surface area contributed by atoms with Crippen LogP contribution in [-0.2, 0) is 17.2 Å². The first-order chi connectivity index (χ1) is 29.4. The number of benzene rings is 4. The Morgan fingerprint density at radius 3 is 1.43 bits per heavy atom. The predicted octanol–water partition coefficient (Wildman–Crippen LogP) is 8.74. The van der Waals surface area contributed by atoms with Crippen LogP contribution in [0.4, 0.5) is 0 Å². The van der Waals surface area contributed by atoms with Crippen LogP contribution in [0.5, 0.6) is 0 Å². The van der Waals surface area contributed by atoms with Crippen molar-refractivity contribution in [2.45, 2.75) is 76.6 Å². The first-order valence-corrected chi connectivity index (χ1v) is 21.9. The summed E-state index contributed by atoms with van der Waals surface area (Å²) in [5.41, 5.74) is 6.15. The molecule has 0 atom stereocenters. The molecular formula is C48H51ClN6O5. The maximum Gasteiger partial charge on any atom is 0.196 e. The van der Waals surface area contributed by atoms with E-state index in [0.717, 1.165) is 44.2 Å². The van der Waals surface area contributed by atoms with E-state index in [1.54, 1.807) is 66.7 Å². The van der Waals surface area contributed by atoms with E-state index in [4.69, 9.17) is 21.3 Å². The molecule has 0 amide bonds. The van der Waals surface area contributed by atoms with Crippen LogP contribution in [0.25, 0.3) is 22.1 Å². The predicted molar refractivity (Wildman–Crippen MR) is 233 cm³/mol. The number of imidazole rings is 2. The fourth-order valence-corrected chi connectivity index (χ4v) is 8.67. The Bertz CT molecular complexity index is 2500. The van der Waals surface area contributed by atoms with Gasteiger partial charge in [0.1, 0.15) is 22.7 Å². The van der Waals surface area contributed by atoms with Crippen molar-refractivity contribution in [1.82, 2.24) is 30.2 Å². The third-order valence-corrected chi connectivity index (χ3v) is 11.9. The molecular weight excluding hydrogens is 776 g/mol. The molecule has 0 radical (unpaired) electrons. The highest BCUT2D eigenvalue weighted by molar-refractivity contribution is 6.32. The second-order valence-corrected chi connectivity index (χ2v) is 16.1. The minimum atomic E-state index is -0.168. The first kappa shape index (κ1) is 41.4. The number of aromatic nitrogens is 4. The number of nitrogens with one attached hydrogen (secondary N) is 3. The molecule has 6 aromatic rings. The molecule has 2 aromatic heterocycles. The highest BCUT2D eigenvalue weighted by Gasteiger charge is 2.33. The lowest BCUT2D eigenvalue weighted by Crippen LogP contribution is -2.24. The quantitative estimate of drug-likeness (QED) is 0.149. The summed E-state index contributed by atoms with van der Waals surface area (Å²) >= 11 is 5.78. The van der Waals surface area contributed by atoms with Gasteiger partial charge >= 0.3 is 0 Å². The number of alkyl halides is 1. The van der Waals surface area contributed by atoms with Gasteiger partial charge in [0.15, 0.2) is 23.1 Å². The molecule has 12 heteroatoms. The minimum absolute atomic E-state index is 0.0980. The third kappa shape index (κ3) is 8.90. The van der Waals surface area contributed by atoms with E-state index in [2.05, 4.69) is 25.2 Å². The van der Waals surface area contributed by atoms with Crippen molar-refractivity contribution in [1.29, 1.82) is 0 Å². The molecule has 11 rings (SSSR count). The van der Waals surface area contributed by atoms with Crippen molar-refractivity contribution in [3.63, 3.8) is 0 Å². The second-order valence-electron chi connectivity index (χ2n) is 15.9. The van der Waals surface area contributed by atoms with Gasteiger partial charge in [-0.1, -0.05) is 74.2 Å². The number of halogens is 1. The summed E-state index contributed by atoms with van der Waals surface area (Å²) in [5, 5.41) is 3.35. The molecule has 0 unspecified atom stereocenters. The number of carbonyl (C=O) groups excluding carboxylic acids is 4. The smallest absolute Gasteiger partial charge is 0.196 e. The van der Waals surface area contributed by atoms with Crippen molar-refractivity contribution in [3.8, 4) is 0 Å². The maximum absolute atomic E-state index is 13.1. The molecule has 2 aliphatic carbocycles. The van der Waals surface area contributed by atoms with Gasteiger partial charge in [-0.25, -0.2) is 9.97 Å². The van der Waals surface area contributed by atoms with Crippen LogP contribution in [0.1, 0.15) is 140 Å². The minimum Gasteiger partial charge on any atom is -0.381 e. The Morgan fingerprint density at radius 1 is 0.517 bits per heavy atom. The Morgan fingerprint density at radius 2 is 0.967 bits per heavy atom. The Labute approximate surface area is 354 Å². The normalized spacial score (nSPS) is 17.4. The topological polar surface area (TPSA) is 150 Å². The van der Waals surface area contributed by atoms with E-state index in [0.29, 0.717) is 66.9 Å². The summed E-state index contributed by atoms with van der Waals surface area (Å²) < 4.78 is 4.94. The fraction of sp³-hybridized carbons (Fsp3) is 0.375. The van der Waals surface area contributed by atoms with Gasteiger partial charge in [0, 0.05) is 46.6 Å². The number of rotatable bonds is 3. The number of aromatic amines is 2. The molecule has 0 spiro atoms. The molecule has 0 saturated carbocycles. The van der Waals surface area contributed by atoms with E-state index < -0.39 is 0 Å². The van der Waals surface area contributed by atoms with Gasteiger partial charge in [-0.3, -0.25) is 24.1 Å². The first-order valence-electron chi connectivity index (χ1n) is 21.4. The molecule has 5 heterocycles. The summed E-state index contributed by atoms with van der Waals surface area (Å²) in [5.74, 6) is 1.15. The molecule has 5 aliphatic rings. The summed E-state index contributed by atoms with van der Waals surface area (Å²) in [7, 11) is 0. The van der Waals surface area contributed by atoms with E-state index in [1.165, 1.54) is 77.3 Å². The maximum atomic E-state index is 13.1. The van der Waals surface area contributed by atoms with Crippen LogP contribution in [0.15, 0.2) is 72.8 Å². The van der Waals surface area contributed by atoms with Gasteiger partial charge in [0.2, 0.25) is 0 Å². The van der Waals surface area contributed by atoms with Crippen LogP contribution in [-0.4, -0.2) is 87.4 Å². The molecule has 3 aliphatic heterocycles. The summed E-state index contributed by atoms with van der Waals surface area (Å²) in [6.07, 6.45) is 13.2. The largest absolute Gasteiger partial charge is 0.381 e. The van der Waals surface area contributed by atoms with E-state index >= 15 is 0 Å². The van der Waals surface area contributed by atoms with E-state index in [1.807, 2.05) is 6.07 Å². The van der Waals surface area contributed by atoms with Gasteiger partial charge in [-0.15, -0.1) is 11.6 Å². The van der Waals surface area contributed by atoms with Gasteiger partial charge in [0.05, 0.1) is 34.6 Å². The van der Waals surface area contributed by atoms with Crippen LogP contribution >= 0.6 is 11.6 Å². The van der Waals surface area contributed by atoms with Crippen molar-refractivity contribution in [2.24, 2.45) is 0 Å². The number of hydrogen-bond donors (Lipinski definition) is 3. The van der Waals surface area contributed by atoms with Crippen molar-refractivity contribution in [3.05, 3.63) is 129 Å². The Kier molecular flexibility index (Phi) is 13.4. The number of fused-ring (bicyclic) bond motifs is 8. The van der Waals surface area contributed by atoms with Gasteiger partial charge < -0.3 is 20.0 Å². The molecule has 3 fully saturated rings. The summed E-state index contributed by atoms with van der Waals surface area (Å²) in [6.45, 7) is 7.42. The number of ether oxygens (including phenoxy) is 1. The second kappa shape index (κ2) is 19.4. The van der Waals surface area contributed by atoms with Crippen LogP contribution in [0.3, 0.4) is 0 Å². The SMILES string of the molecule is C1CCCNCC1.C1CCOC1.O=C1c2ccccc2C(=O)c2c1ccc1[nH]c(CCl)nc21.O=C1c2ccccc2C(=O)c2c1ccc1[nH]c(CN3CCCCCC3)nc21. The summed E-state index contributed by atoms with van der Waals surface area (Å²) in [6, 6.07) is 20.9. The zero-order valence-corrected chi connectivity index (χ0v) is 34.7. The molecule has 11 nitrogen and oxygen atoms in total.